The van der Waals surface area contributed by atoms with Gasteiger partial charge in [-0.25, -0.2) is 0 Å². The number of carbonyl (C=O) groups excluding carboxylic acids is 1. The van der Waals surface area contributed by atoms with Crippen molar-refractivity contribution in [3.05, 3.63) is 35.9 Å². The molecular weight excluding hydrogens is 252 g/mol. The zero-order valence-corrected chi connectivity index (χ0v) is 12.1. The summed E-state index contributed by atoms with van der Waals surface area (Å²) in [6.07, 6.45) is 3.71. The van der Waals surface area contributed by atoms with Crippen LogP contribution in [0.3, 0.4) is 0 Å². The first-order chi connectivity index (χ1) is 9.72. The molecule has 1 aromatic carbocycles. The van der Waals surface area contributed by atoms with E-state index >= 15 is 0 Å². The van der Waals surface area contributed by atoms with E-state index in [1.165, 1.54) is 0 Å². The van der Waals surface area contributed by atoms with Gasteiger partial charge < -0.3 is 15.7 Å². The van der Waals surface area contributed by atoms with Crippen molar-refractivity contribution in [2.24, 2.45) is 0 Å². The molecule has 2 unspecified atom stereocenters. The second-order valence-electron chi connectivity index (χ2n) is 5.48. The quantitative estimate of drug-likeness (QED) is 0.742. The maximum atomic E-state index is 12.6. The van der Waals surface area contributed by atoms with Crippen LogP contribution in [0.2, 0.25) is 0 Å². The van der Waals surface area contributed by atoms with Gasteiger partial charge in [0.2, 0.25) is 5.91 Å². The first-order valence-electron chi connectivity index (χ1n) is 7.43. The van der Waals surface area contributed by atoms with Crippen molar-refractivity contribution in [1.29, 1.82) is 0 Å². The lowest BCUT2D eigenvalue weighted by atomic mass is 9.90. The van der Waals surface area contributed by atoms with Crippen molar-refractivity contribution in [3.8, 4) is 0 Å². The Morgan fingerprint density at radius 1 is 1.45 bits per heavy atom. The Labute approximate surface area is 120 Å². The molecule has 20 heavy (non-hydrogen) atoms. The molecule has 1 fully saturated rings. The zero-order chi connectivity index (χ0) is 14.4. The largest absolute Gasteiger partial charge is 0.394 e. The topological polar surface area (TPSA) is 61.4 Å². The third kappa shape index (κ3) is 3.19. The van der Waals surface area contributed by atoms with E-state index < -0.39 is 5.54 Å². The highest BCUT2D eigenvalue weighted by molar-refractivity contribution is 5.87. The Morgan fingerprint density at radius 2 is 2.20 bits per heavy atom. The molecule has 0 radical (unpaired) electrons. The van der Waals surface area contributed by atoms with E-state index in [-0.39, 0.29) is 18.6 Å². The number of aliphatic hydroxyl groups excluding tert-OH is 1. The molecule has 4 heteroatoms. The maximum absolute atomic E-state index is 12.6. The van der Waals surface area contributed by atoms with Gasteiger partial charge in [-0.15, -0.1) is 0 Å². The van der Waals surface area contributed by atoms with Crippen LogP contribution in [0.1, 0.15) is 44.2 Å². The molecule has 1 aliphatic heterocycles. The van der Waals surface area contributed by atoms with Gasteiger partial charge in [0.25, 0.3) is 0 Å². The van der Waals surface area contributed by atoms with Crippen LogP contribution in [0, 0.1) is 0 Å². The van der Waals surface area contributed by atoms with Crippen LogP contribution < -0.4 is 10.6 Å². The van der Waals surface area contributed by atoms with Crippen LogP contribution in [-0.4, -0.2) is 29.7 Å². The van der Waals surface area contributed by atoms with Crippen LogP contribution in [0.4, 0.5) is 0 Å². The molecule has 0 saturated carbocycles. The van der Waals surface area contributed by atoms with E-state index in [0.29, 0.717) is 0 Å². The molecule has 2 atom stereocenters. The van der Waals surface area contributed by atoms with Crippen molar-refractivity contribution in [3.63, 3.8) is 0 Å². The highest BCUT2D eigenvalue weighted by Crippen LogP contribution is 2.26. The average molecular weight is 276 g/mol. The van der Waals surface area contributed by atoms with E-state index in [0.717, 1.165) is 37.8 Å². The van der Waals surface area contributed by atoms with Crippen LogP contribution >= 0.6 is 0 Å². The van der Waals surface area contributed by atoms with Crippen molar-refractivity contribution < 1.29 is 9.90 Å². The molecule has 0 aliphatic carbocycles. The van der Waals surface area contributed by atoms with Gasteiger partial charge in [0, 0.05) is 0 Å². The number of benzene rings is 1. The molecule has 4 nitrogen and oxygen atoms in total. The van der Waals surface area contributed by atoms with Gasteiger partial charge in [-0.05, 0) is 31.4 Å². The van der Waals surface area contributed by atoms with E-state index in [1.54, 1.807) is 0 Å². The molecular formula is C16H24N2O2. The minimum Gasteiger partial charge on any atom is -0.394 e. The predicted molar refractivity (Wildman–Crippen MR) is 79.3 cm³/mol. The van der Waals surface area contributed by atoms with Gasteiger partial charge >= 0.3 is 0 Å². The lowest BCUT2D eigenvalue weighted by Crippen LogP contribution is -2.54. The average Bonchev–Trinajstić information content (AvgIpc) is 2.96. The Hall–Kier alpha value is -1.39. The zero-order valence-electron chi connectivity index (χ0n) is 12.1. The highest BCUT2D eigenvalue weighted by atomic mass is 16.3. The first kappa shape index (κ1) is 15.0. The Morgan fingerprint density at radius 3 is 2.75 bits per heavy atom. The molecule has 0 spiro atoms. The number of carbonyl (C=O) groups is 1. The predicted octanol–water partition coefficient (Wildman–Crippen LogP) is 1.76. The maximum Gasteiger partial charge on any atom is 0.240 e. The third-order valence-corrected chi connectivity index (χ3v) is 4.04. The normalized spacial score (nSPS) is 23.5. The number of hydrogen-bond acceptors (Lipinski definition) is 3. The second-order valence-corrected chi connectivity index (χ2v) is 5.48. The van der Waals surface area contributed by atoms with Gasteiger partial charge in [0.1, 0.15) is 0 Å². The lowest BCUT2D eigenvalue weighted by Gasteiger charge is -2.30. The van der Waals surface area contributed by atoms with E-state index in [1.807, 2.05) is 30.3 Å². The van der Waals surface area contributed by atoms with Crippen molar-refractivity contribution in [2.75, 3.05) is 13.2 Å². The molecule has 0 aromatic heterocycles. The highest BCUT2D eigenvalue weighted by Gasteiger charge is 2.40. The van der Waals surface area contributed by atoms with Gasteiger partial charge in [-0.3, -0.25) is 4.79 Å². The molecule has 2 rings (SSSR count). The SMILES string of the molecule is CCCC1(C(=O)NC(CO)c2ccccc2)CCCN1. The molecule has 1 aromatic rings. The van der Waals surface area contributed by atoms with Crippen LogP contribution in [0.25, 0.3) is 0 Å². The number of amides is 1. The van der Waals surface area contributed by atoms with Crippen LogP contribution in [0.5, 0.6) is 0 Å². The smallest absolute Gasteiger partial charge is 0.240 e. The number of aliphatic hydroxyl groups is 1. The standard InChI is InChI=1S/C16H24N2O2/c1-2-9-16(10-6-11-17-16)15(20)18-14(12-19)13-7-4-3-5-8-13/h3-5,7-8,14,17,19H,2,6,9-12H2,1H3,(H,18,20). The number of rotatable bonds is 6. The molecule has 1 aliphatic rings. The van der Waals surface area contributed by atoms with Gasteiger partial charge in [-0.1, -0.05) is 43.7 Å². The van der Waals surface area contributed by atoms with Crippen LogP contribution in [0.15, 0.2) is 30.3 Å². The van der Waals surface area contributed by atoms with Crippen molar-refractivity contribution in [1.82, 2.24) is 10.6 Å². The van der Waals surface area contributed by atoms with Gasteiger partial charge in [-0.2, -0.15) is 0 Å². The summed E-state index contributed by atoms with van der Waals surface area (Å²) in [5.74, 6) is 0.0137. The summed E-state index contributed by atoms with van der Waals surface area (Å²) in [4.78, 5) is 12.6. The summed E-state index contributed by atoms with van der Waals surface area (Å²) >= 11 is 0. The molecule has 1 heterocycles. The lowest BCUT2D eigenvalue weighted by molar-refractivity contribution is -0.128. The van der Waals surface area contributed by atoms with E-state index in [9.17, 15) is 9.90 Å². The van der Waals surface area contributed by atoms with Crippen LogP contribution in [-0.2, 0) is 4.79 Å². The Kier molecular flexibility index (Phi) is 5.15. The summed E-state index contributed by atoms with van der Waals surface area (Å²) in [5.41, 5.74) is 0.490. The summed E-state index contributed by atoms with van der Waals surface area (Å²) in [7, 11) is 0. The summed E-state index contributed by atoms with van der Waals surface area (Å²) in [6.45, 7) is 2.90. The molecule has 1 saturated heterocycles. The minimum absolute atomic E-state index is 0.0137. The van der Waals surface area contributed by atoms with Gasteiger partial charge in [0.05, 0.1) is 18.2 Å². The fourth-order valence-corrected chi connectivity index (χ4v) is 2.97. The number of hydrogen-bond donors (Lipinski definition) is 3. The molecule has 3 N–H and O–H groups in total. The number of nitrogens with one attached hydrogen (secondary N) is 2. The second kappa shape index (κ2) is 6.86. The summed E-state index contributed by atoms with van der Waals surface area (Å²) in [5, 5.41) is 15.9. The van der Waals surface area contributed by atoms with Gasteiger partial charge in [0.15, 0.2) is 0 Å². The molecule has 1 amide bonds. The summed E-state index contributed by atoms with van der Waals surface area (Å²) in [6, 6.07) is 9.28. The minimum atomic E-state index is -0.447. The first-order valence-corrected chi connectivity index (χ1v) is 7.43. The third-order valence-electron chi connectivity index (χ3n) is 4.04. The Balaban J connectivity index is 2.08. The van der Waals surface area contributed by atoms with Crippen molar-refractivity contribution in [2.45, 2.75) is 44.2 Å². The van der Waals surface area contributed by atoms with E-state index in [4.69, 9.17) is 0 Å². The molecule has 110 valence electrons. The monoisotopic (exact) mass is 276 g/mol. The Bertz CT molecular complexity index is 427. The fourth-order valence-electron chi connectivity index (χ4n) is 2.97. The fraction of sp³-hybridized carbons (Fsp3) is 0.562. The van der Waals surface area contributed by atoms with E-state index in [2.05, 4.69) is 17.6 Å². The summed E-state index contributed by atoms with van der Waals surface area (Å²) < 4.78 is 0. The van der Waals surface area contributed by atoms with Crippen molar-refractivity contribution >= 4 is 5.91 Å². The molecule has 0 bridgehead atoms.